The first kappa shape index (κ1) is 17.8. The van der Waals surface area contributed by atoms with Crippen molar-refractivity contribution in [3.63, 3.8) is 0 Å². The summed E-state index contributed by atoms with van der Waals surface area (Å²) in [6.45, 7) is 6.74. The second kappa shape index (κ2) is 7.32. The summed E-state index contributed by atoms with van der Waals surface area (Å²) < 4.78 is 5.35. The Bertz CT molecular complexity index is 539. The fraction of sp³-hybridized carbons (Fsp3) is 0.611. The second-order valence-corrected chi connectivity index (χ2v) is 6.81. The predicted octanol–water partition coefficient (Wildman–Crippen LogP) is 2.11. The molecule has 1 saturated heterocycles. The van der Waals surface area contributed by atoms with Crippen LogP contribution in [0.2, 0.25) is 0 Å². The number of aliphatic hydroxyl groups is 1. The average Bonchev–Trinajstić information content (AvgIpc) is 2.95. The quantitative estimate of drug-likeness (QED) is 0.843. The lowest BCUT2D eigenvalue weighted by atomic mass is 9.97. The van der Waals surface area contributed by atoms with Crippen LogP contribution in [-0.2, 0) is 4.79 Å². The highest BCUT2D eigenvalue weighted by atomic mass is 16.5. The van der Waals surface area contributed by atoms with E-state index < -0.39 is 5.60 Å². The number of rotatable bonds is 6. The maximum absolute atomic E-state index is 12.4. The van der Waals surface area contributed by atoms with E-state index >= 15 is 0 Å². The maximum Gasteiger partial charge on any atom is 0.234 e. The Morgan fingerprint density at radius 3 is 2.83 bits per heavy atom. The van der Waals surface area contributed by atoms with Gasteiger partial charge in [-0.1, -0.05) is 18.2 Å². The molecule has 2 unspecified atom stereocenters. The van der Waals surface area contributed by atoms with Gasteiger partial charge in [0.15, 0.2) is 0 Å². The maximum atomic E-state index is 12.4. The van der Waals surface area contributed by atoms with E-state index in [2.05, 4.69) is 10.2 Å². The predicted molar refractivity (Wildman–Crippen MR) is 90.4 cm³/mol. The minimum absolute atomic E-state index is 0.0282. The molecular formula is C18H28N2O3. The Labute approximate surface area is 138 Å². The number of amides is 1. The first-order chi connectivity index (χ1) is 10.8. The molecular weight excluding hydrogens is 292 g/mol. The standard InChI is InChI=1S/C18H28N2O3/c1-13(14-8-5-6-9-15(14)23-4)19-17(21)12-20-11-7-10-16(20)18(2,3)22/h5-6,8-9,13,16,22H,7,10-12H2,1-4H3,(H,19,21). The van der Waals surface area contributed by atoms with Gasteiger partial charge in [-0.3, -0.25) is 9.69 Å². The fourth-order valence-corrected chi connectivity index (χ4v) is 3.39. The van der Waals surface area contributed by atoms with Gasteiger partial charge in [0.05, 0.1) is 25.3 Å². The minimum atomic E-state index is -0.787. The number of carbonyl (C=O) groups is 1. The van der Waals surface area contributed by atoms with Crippen molar-refractivity contribution in [1.29, 1.82) is 0 Å². The van der Waals surface area contributed by atoms with E-state index in [4.69, 9.17) is 4.74 Å². The lowest BCUT2D eigenvalue weighted by molar-refractivity contribution is -0.124. The highest BCUT2D eigenvalue weighted by Crippen LogP contribution is 2.27. The molecule has 1 heterocycles. The summed E-state index contributed by atoms with van der Waals surface area (Å²) >= 11 is 0. The van der Waals surface area contributed by atoms with E-state index in [0.717, 1.165) is 30.7 Å². The van der Waals surface area contributed by atoms with Gasteiger partial charge in [0.2, 0.25) is 5.91 Å². The summed E-state index contributed by atoms with van der Waals surface area (Å²) in [6.07, 6.45) is 1.95. The van der Waals surface area contributed by atoms with Crippen LogP contribution in [0.1, 0.15) is 45.2 Å². The smallest absolute Gasteiger partial charge is 0.234 e. The summed E-state index contributed by atoms with van der Waals surface area (Å²) in [7, 11) is 1.63. The van der Waals surface area contributed by atoms with Gasteiger partial charge in [-0.25, -0.2) is 0 Å². The number of nitrogens with one attached hydrogen (secondary N) is 1. The molecule has 2 rings (SSSR count). The first-order valence-corrected chi connectivity index (χ1v) is 8.21. The Kier molecular flexibility index (Phi) is 5.65. The van der Waals surface area contributed by atoms with Crippen LogP contribution in [0.25, 0.3) is 0 Å². The van der Waals surface area contributed by atoms with Crippen molar-refractivity contribution in [2.24, 2.45) is 0 Å². The van der Waals surface area contributed by atoms with Crippen molar-refractivity contribution < 1.29 is 14.6 Å². The van der Waals surface area contributed by atoms with E-state index in [1.54, 1.807) is 7.11 Å². The number of ether oxygens (including phenoxy) is 1. The highest BCUT2D eigenvalue weighted by Gasteiger charge is 2.36. The van der Waals surface area contributed by atoms with Gasteiger partial charge in [0, 0.05) is 11.6 Å². The average molecular weight is 320 g/mol. The van der Waals surface area contributed by atoms with Gasteiger partial charge in [0.25, 0.3) is 0 Å². The van der Waals surface area contributed by atoms with Crippen molar-refractivity contribution in [2.45, 2.75) is 51.3 Å². The summed E-state index contributed by atoms with van der Waals surface area (Å²) in [5, 5.41) is 13.3. The van der Waals surface area contributed by atoms with Gasteiger partial charge in [0.1, 0.15) is 5.75 Å². The molecule has 0 bridgehead atoms. The Morgan fingerprint density at radius 2 is 2.17 bits per heavy atom. The summed E-state index contributed by atoms with van der Waals surface area (Å²) in [6, 6.07) is 7.61. The van der Waals surface area contributed by atoms with Crippen LogP contribution in [0.3, 0.4) is 0 Å². The SMILES string of the molecule is COc1ccccc1C(C)NC(=O)CN1CCCC1C(C)(C)O. The van der Waals surface area contributed by atoms with Crippen molar-refractivity contribution >= 4 is 5.91 Å². The third kappa shape index (κ3) is 4.45. The zero-order valence-corrected chi connectivity index (χ0v) is 14.5. The summed E-state index contributed by atoms with van der Waals surface area (Å²) in [4.78, 5) is 14.5. The number of hydrogen-bond donors (Lipinski definition) is 2. The number of benzene rings is 1. The lowest BCUT2D eigenvalue weighted by Crippen LogP contribution is -2.49. The molecule has 1 amide bonds. The molecule has 2 N–H and O–H groups in total. The van der Waals surface area contributed by atoms with Crippen LogP contribution >= 0.6 is 0 Å². The van der Waals surface area contributed by atoms with Gasteiger partial charge >= 0.3 is 0 Å². The van der Waals surface area contributed by atoms with Crippen LogP contribution in [-0.4, -0.2) is 47.8 Å². The number of nitrogens with zero attached hydrogens (tertiary/aromatic N) is 1. The van der Waals surface area contributed by atoms with E-state index in [1.165, 1.54) is 0 Å². The molecule has 1 fully saturated rings. The van der Waals surface area contributed by atoms with Crippen LogP contribution < -0.4 is 10.1 Å². The monoisotopic (exact) mass is 320 g/mol. The molecule has 0 saturated carbocycles. The third-order valence-electron chi connectivity index (χ3n) is 4.51. The molecule has 128 valence electrons. The molecule has 5 nitrogen and oxygen atoms in total. The van der Waals surface area contributed by atoms with Crippen LogP contribution in [0, 0.1) is 0 Å². The molecule has 2 atom stereocenters. The van der Waals surface area contributed by atoms with Crippen molar-refractivity contribution in [3.05, 3.63) is 29.8 Å². The number of para-hydroxylation sites is 1. The Morgan fingerprint density at radius 1 is 1.48 bits per heavy atom. The Balaban J connectivity index is 1.97. The first-order valence-electron chi connectivity index (χ1n) is 8.21. The normalized spacial score (nSPS) is 20.3. The lowest BCUT2D eigenvalue weighted by Gasteiger charge is -2.33. The third-order valence-corrected chi connectivity index (χ3v) is 4.51. The largest absolute Gasteiger partial charge is 0.496 e. The van der Waals surface area contributed by atoms with Gasteiger partial charge in [-0.05, 0) is 46.2 Å². The number of carbonyl (C=O) groups excluding carboxylic acids is 1. The van der Waals surface area contributed by atoms with Gasteiger partial charge in [-0.15, -0.1) is 0 Å². The highest BCUT2D eigenvalue weighted by molar-refractivity contribution is 5.78. The summed E-state index contributed by atoms with van der Waals surface area (Å²) in [5.41, 5.74) is 0.175. The molecule has 0 aliphatic carbocycles. The number of hydrogen-bond acceptors (Lipinski definition) is 4. The molecule has 0 aromatic heterocycles. The fourth-order valence-electron chi connectivity index (χ4n) is 3.39. The Hall–Kier alpha value is -1.59. The second-order valence-electron chi connectivity index (χ2n) is 6.81. The summed E-state index contributed by atoms with van der Waals surface area (Å²) in [5.74, 6) is 0.746. The molecule has 23 heavy (non-hydrogen) atoms. The molecule has 1 aromatic rings. The van der Waals surface area contributed by atoms with E-state index in [9.17, 15) is 9.90 Å². The van der Waals surface area contributed by atoms with Gasteiger partial charge < -0.3 is 15.2 Å². The molecule has 1 aromatic carbocycles. The van der Waals surface area contributed by atoms with E-state index in [1.807, 2.05) is 45.0 Å². The topological polar surface area (TPSA) is 61.8 Å². The molecule has 0 radical (unpaired) electrons. The van der Waals surface area contributed by atoms with Crippen molar-refractivity contribution in [2.75, 3.05) is 20.2 Å². The zero-order chi connectivity index (χ0) is 17.0. The molecule has 1 aliphatic rings. The number of likely N-dealkylation sites (tertiary alicyclic amines) is 1. The number of methoxy groups -OCH3 is 1. The van der Waals surface area contributed by atoms with Crippen LogP contribution in [0.4, 0.5) is 0 Å². The van der Waals surface area contributed by atoms with Crippen LogP contribution in [0.15, 0.2) is 24.3 Å². The molecule has 5 heteroatoms. The van der Waals surface area contributed by atoms with Gasteiger partial charge in [-0.2, -0.15) is 0 Å². The molecule has 0 spiro atoms. The minimum Gasteiger partial charge on any atom is -0.496 e. The van der Waals surface area contributed by atoms with E-state index in [-0.39, 0.29) is 18.0 Å². The molecule has 1 aliphatic heterocycles. The van der Waals surface area contributed by atoms with Crippen molar-refractivity contribution in [1.82, 2.24) is 10.2 Å². The zero-order valence-electron chi connectivity index (χ0n) is 14.5. The van der Waals surface area contributed by atoms with E-state index in [0.29, 0.717) is 6.54 Å². The van der Waals surface area contributed by atoms with Crippen LogP contribution in [0.5, 0.6) is 5.75 Å². The van der Waals surface area contributed by atoms with Crippen molar-refractivity contribution in [3.8, 4) is 5.75 Å².